The number of benzene rings is 1. The highest BCUT2D eigenvalue weighted by Gasteiger charge is 2.04. The van der Waals surface area contributed by atoms with Gasteiger partial charge in [-0.2, -0.15) is 0 Å². The normalized spacial score (nSPS) is 9.88. The van der Waals surface area contributed by atoms with Crippen molar-refractivity contribution in [1.82, 2.24) is 4.98 Å². The average molecular weight is 215 g/mol. The minimum Gasteiger partial charge on any atom is -0.497 e. The van der Waals surface area contributed by atoms with Gasteiger partial charge in [0.1, 0.15) is 11.5 Å². The fourth-order valence-corrected chi connectivity index (χ4v) is 1.49. The third kappa shape index (κ3) is 2.14. The highest BCUT2D eigenvalue weighted by Crippen LogP contribution is 2.28. The first-order chi connectivity index (χ1) is 7.83. The summed E-state index contributed by atoms with van der Waals surface area (Å²) in [5, 5.41) is 0. The van der Waals surface area contributed by atoms with Crippen LogP contribution >= 0.6 is 0 Å². The SMILES string of the molecule is COc1cc(OC)cc(-c2ccccn2)c1. The summed E-state index contributed by atoms with van der Waals surface area (Å²) >= 11 is 0. The van der Waals surface area contributed by atoms with Crippen LogP contribution in [0.25, 0.3) is 11.3 Å². The predicted octanol–water partition coefficient (Wildman–Crippen LogP) is 2.77. The molecular weight excluding hydrogens is 202 g/mol. The molecule has 3 nitrogen and oxygen atoms in total. The summed E-state index contributed by atoms with van der Waals surface area (Å²) in [6.45, 7) is 0. The van der Waals surface area contributed by atoms with Crippen LogP contribution in [0.4, 0.5) is 0 Å². The van der Waals surface area contributed by atoms with Crippen LogP contribution in [0.3, 0.4) is 0 Å². The number of ether oxygens (including phenoxy) is 2. The molecular formula is C13H13NO2. The molecule has 0 bridgehead atoms. The van der Waals surface area contributed by atoms with E-state index in [0.717, 1.165) is 22.8 Å². The van der Waals surface area contributed by atoms with Crippen molar-refractivity contribution in [2.45, 2.75) is 0 Å². The molecule has 0 amide bonds. The van der Waals surface area contributed by atoms with Crippen LogP contribution in [0, 0.1) is 0 Å². The summed E-state index contributed by atoms with van der Waals surface area (Å²) < 4.78 is 10.4. The van der Waals surface area contributed by atoms with E-state index in [1.807, 2.05) is 36.4 Å². The Morgan fingerprint density at radius 3 is 2.12 bits per heavy atom. The van der Waals surface area contributed by atoms with Crippen LogP contribution in [-0.4, -0.2) is 19.2 Å². The molecule has 82 valence electrons. The highest BCUT2D eigenvalue weighted by molar-refractivity contribution is 5.63. The van der Waals surface area contributed by atoms with Gasteiger partial charge in [0.25, 0.3) is 0 Å². The molecule has 0 aliphatic heterocycles. The fourth-order valence-electron chi connectivity index (χ4n) is 1.49. The molecule has 0 N–H and O–H groups in total. The van der Waals surface area contributed by atoms with E-state index in [-0.39, 0.29) is 0 Å². The molecule has 0 fully saturated rings. The number of methoxy groups -OCH3 is 2. The van der Waals surface area contributed by atoms with Crippen molar-refractivity contribution in [2.75, 3.05) is 14.2 Å². The van der Waals surface area contributed by atoms with Crippen molar-refractivity contribution in [2.24, 2.45) is 0 Å². The lowest BCUT2D eigenvalue weighted by Crippen LogP contribution is -1.89. The smallest absolute Gasteiger partial charge is 0.123 e. The Morgan fingerprint density at radius 2 is 1.62 bits per heavy atom. The standard InChI is InChI=1S/C13H13NO2/c1-15-11-7-10(8-12(9-11)16-2)13-5-3-4-6-14-13/h3-9H,1-2H3. The van der Waals surface area contributed by atoms with Gasteiger partial charge in [0.15, 0.2) is 0 Å². The van der Waals surface area contributed by atoms with Crippen LogP contribution in [0.5, 0.6) is 11.5 Å². The quantitative estimate of drug-likeness (QED) is 0.788. The van der Waals surface area contributed by atoms with E-state index in [1.165, 1.54) is 0 Å². The molecule has 2 rings (SSSR count). The summed E-state index contributed by atoms with van der Waals surface area (Å²) in [6, 6.07) is 11.5. The summed E-state index contributed by atoms with van der Waals surface area (Å²) in [4.78, 5) is 4.29. The van der Waals surface area contributed by atoms with Crippen molar-refractivity contribution in [3.8, 4) is 22.8 Å². The molecule has 1 aromatic carbocycles. The number of rotatable bonds is 3. The van der Waals surface area contributed by atoms with Gasteiger partial charge in [-0.1, -0.05) is 6.07 Å². The van der Waals surface area contributed by atoms with Gasteiger partial charge < -0.3 is 9.47 Å². The maximum atomic E-state index is 5.21. The first kappa shape index (κ1) is 10.5. The molecule has 0 aliphatic rings. The molecule has 1 aromatic heterocycles. The zero-order valence-electron chi connectivity index (χ0n) is 9.31. The van der Waals surface area contributed by atoms with Crippen molar-refractivity contribution >= 4 is 0 Å². The van der Waals surface area contributed by atoms with Gasteiger partial charge in [0, 0.05) is 17.8 Å². The lowest BCUT2D eigenvalue weighted by atomic mass is 10.1. The molecule has 0 radical (unpaired) electrons. The van der Waals surface area contributed by atoms with Crippen LogP contribution in [0.15, 0.2) is 42.6 Å². The second-order valence-electron chi connectivity index (χ2n) is 3.32. The van der Waals surface area contributed by atoms with Gasteiger partial charge in [-0.05, 0) is 24.3 Å². The van der Waals surface area contributed by atoms with Gasteiger partial charge >= 0.3 is 0 Å². The molecule has 0 saturated carbocycles. The number of hydrogen-bond acceptors (Lipinski definition) is 3. The third-order valence-corrected chi connectivity index (χ3v) is 2.31. The Balaban J connectivity index is 2.48. The van der Waals surface area contributed by atoms with E-state index in [4.69, 9.17) is 9.47 Å². The van der Waals surface area contributed by atoms with E-state index in [0.29, 0.717) is 0 Å². The summed E-state index contributed by atoms with van der Waals surface area (Å²) in [6.07, 6.45) is 1.77. The number of aromatic nitrogens is 1. The summed E-state index contributed by atoms with van der Waals surface area (Å²) in [7, 11) is 3.27. The lowest BCUT2D eigenvalue weighted by Gasteiger charge is -2.07. The van der Waals surface area contributed by atoms with Gasteiger partial charge in [0.05, 0.1) is 19.9 Å². The van der Waals surface area contributed by atoms with Crippen molar-refractivity contribution in [3.63, 3.8) is 0 Å². The third-order valence-electron chi connectivity index (χ3n) is 2.31. The molecule has 1 heterocycles. The van der Waals surface area contributed by atoms with Gasteiger partial charge in [-0.15, -0.1) is 0 Å². The number of hydrogen-bond donors (Lipinski definition) is 0. The van der Waals surface area contributed by atoms with Gasteiger partial charge in [-0.25, -0.2) is 0 Å². The Bertz CT molecular complexity index is 446. The Labute approximate surface area is 94.7 Å². The van der Waals surface area contributed by atoms with Crippen molar-refractivity contribution < 1.29 is 9.47 Å². The Kier molecular flexibility index (Phi) is 3.05. The average Bonchev–Trinajstić information content (AvgIpc) is 2.39. The number of pyridine rings is 1. The Hall–Kier alpha value is -2.03. The first-order valence-corrected chi connectivity index (χ1v) is 4.98. The number of nitrogens with zero attached hydrogens (tertiary/aromatic N) is 1. The van der Waals surface area contributed by atoms with Gasteiger partial charge in [-0.3, -0.25) is 4.98 Å². The maximum Gasteiger partial charge on any atom is 0.123 e. The topological polar surface area (TPSA) is 31.4 Å². The van der Waals surface area contributed by atoms with Gasteiger partial charge in [0.2, 0.25) is 0 Å². The molecule has 0 atom stereocenters. The molecule has 2 aromatic rings. The van der Waals surface area contributed by atoms with E-state index in [1.54, 1.807) is 20.4 Å². The monoisotopic (exact) mass is 215 g/mol. The minimum absolute atomic E-state index is 0.764. The minimum atomic E-state index is 0.764. The second kappa shape index (κ2) is 4.66. The molecule has 0 saturated heterocycles. The largest absolute Gasteiger partial charge is 0.497 e. The zero-order valence-corrected chi connectivity index (χ0v) is 9.31. The van der Waals surface area contributed by atoms with Crippen molar-refractivity contribution in [3.05, 3.63) is 42.6 Å². The summed E-state index contributed by atoms with van der Waals surface area (Å²) in [5.41, 5.74) is 1.89. The molecule has 16 heavy (non-hydrogen) atoms. The highest BCUT2D eigenvalue weighted by atomic mass is 16.5. The van der Waals surface area contributed by atoms with E-state index < -0.39 is 0 Å². The lowest BCUT2D eigenvalue weighted by molar-refractivity contribution is 0.394. The van der Waals surface area contributed by atoms with Crippen molar-refractivity contribution in [1.29, 1.82) is 0 Å². The molecule has 0 spiro atoms. The molecule has 3 heteroatoms. The van der Waals surface area contributed by atoms with Crippen LogP contribution in [0.2, 0.25) is 0 Å². The van der Waals surface area contributed by atoms with E-state index >= 15 is 0 Å². The zero-order chi connectivity index (χ0) is 11.4. The maximum absolute atomic E-state index is 5.21. The molecule has 0 aliphatic carbocycles. The Morgan fingerprint density at radius 1 is 0.938 bits per heavy atom. The molecule has 0 unspecified atom stereocenters. The van der Waals surface area contributed by atoms with Crippen LogP contribution < -0.4 is 9.47 Å². The fraction of sp³-hybridized carbons (Fsp3) is 0.154. The summed E-state index contributed by atoms with van der Waals surface area (Å²) in [5.74, 6) is 1.53. The predicted molar refractivity (Wildman–Crippen MR) is 62.8 cm³/mol. The first-order valence-electron chi connectivity index (χ1n) is 4.98. The van der Waals surface area contributed by atoms with E-state index in [9.17, 15) is 0 Å². The van der Waals surface area contributed by atoms with E-state index in [2.05, 4.69) is 4.98 Å². The van der Waals surface area contributed by atoms with Crippen LogP contribution in [-0.2, 0) is 0 Å². The van der Waals surface area contributed by atoms with Crippen LogP contribution in [0.1, 0.15) is 0 Å². The second-order valence-corrected chi connectivity index (χ2v) is 3.32.